The Kier molecular flexibility index (Phi) is 4.23. The fourth-order valence-corrected chi connectivity index (χ4v) is 1.32. The highest BCUT2D eigenvalue weighted by atomic mass is 19.4. The predicted molar refractivity (Wildman–Crippen MR) is 52.4 cm³/mol. The second-order valence-electron chi connectivity index (χ2n) is 3.50. The molecule has 0 saturated carbocycles. The van der Waals surface area contributed by atoms with Crippen molar-refractivity contribution in [3.05, 3.63) is 35.4 Å². The maximum absolute atomic E-state index is 13.3. The standard InChI is InChI=1S/C10H9F5N2O/c11-5-1-2-7(12)6(3-5)8(9(16)18)17-4-10(13,14)15/h1-3,8,17H,4H2,(H2,16,18). The van der Waals surface area contributed by atoms with Crippen LogP contribution in [0.2, 0.25) is 0 Å². The zero-order chi connectivity index (χ0) is 13.9. The van der Waals surface area contributed by atoms with Crippen molar-refractivity contribution in [2.45, 2.75) is 12.2 Å². The molecule has 0 saturated heterocycles. The number of alkyl halides is 3. The van der Waals surface area contributed by atoms with Gasteiger partial charge >= 0.3 is 6.18 Å². The number of primary amides is 1. The summed E-state index contributed by atoms with van der Waals surface area (Å²) < 4.78 is 62.2. The Morgan fingerprint density at radius 2 is 1.94 bits per heavy atom. The molecule has 0 aliphatic heterocycles. The van der Waals surface area contributed by atoms with Crippen molar-refractivity contribution in [3.63, 3.8) is 0 Å². The molecular weight excluding hydrogens is 259 g/mol. The number of benzene rings is 1. The van der Waals surface area contributed by atoms with Gasteiger partial charge in [-0.25, -0.2) is 8.78 Å². The van der Waals surface area contributed by atoms with E-state index in [0.717, 1.165) is 6.07 Å². The van der Waals surface area contributed by atoms with E-state index in [9.17, 15) is 26.7 Å². The summed E-state index contributed by atoms with van der Waals surface area (Å²) in [7, 11) is 0. The van der Waals surface area contributed by atoms with Crippen LogP contribution in [0.3, 0.4) is 0 Å². The van der Waals surface area contributed by atoms with Crippen LogP contribution in [0, 0.1) is 11.6 Å². The number of nitrogens with one attached hydrogen (secondary N) is 1. The number of amides is 1. The first-order valence-corrected chi connectivity index (χ1v) is 4.75. The summed E-state index contributed by atoms with van der Waals surface area (Å²) in [5.74, 6) is -3.13. The Morgan fingerprint density at radius 3 is 2.44 bits per heavy atom. The summed E-state index contributed by atoms with van der Waals surface area (Å²) in [6.45, 7) is -1.55. The van der Waals surface area contributed by atoms with E-state index < -0.39 is 41.9 Å². The highest BCUT2D eigenvalue weighted by Crippen LogP contribution is 2.20. The van der Waals surface area contributed by atoms with Crippen LogP contribution in [-0.4, -0.2) is 18.6 Å². The highest BCUT2D eigenvalue weighted by molar-refractivity contribution is 5.81. The lowest BCUT2D eigenvalue weighted by Crippen LogP contribution is -2.39. The van der Waals surface area contributed by atoms with Crippen molar-refractivity contribution >= 4 is 5.91 Å². The Balaban J connectivity index is 2.98. The van der Waals surface area contributed by atoms with Gasteiger partial charge in [-0.3, -0.25) is 10.1 Å². The minimum absolute atomic E-state index is 0.563. The van der Waals surface area contributed by atoms with Crippen molar-refractivity contribution in [2.75, 3.05) is 6.54 Å². The monoisotopic (exact) mass is 268 g/mol. The third-order valence-corrected chi connectivity index (χ3v) is 2.06. The van der Waals surface area contributed by atoms with Crippen molar-refractivity contribution < 1.29 is 26.7 Å². The maximum atomic E-state index is 13.3. The Hall–Kier alpha value is -1.70. The topological polar surface area (TPSA) is 55.1 Å². The lowest BCUT2D eigenvalue weighted by molar-refractivity contribution is -0.131. The van der Waals surface area contributed by atoms with Crippen molar-refractivity contribution in [2.24, 2.45) is 5.73 Å². The van der Waals surface area contributed by atoms with Gasteiger partial charge in [0, 0.05) is 5.56 Å². The molecular formula is C10H9F5N2O. The smallest absolute Gasteiger partial charge is 0.368 e. The SMILES string of the molecule is NC(=O)C(NCC(F)(F)F)c1cc(F)ccc1F. The largest absolute Gasteiger partial charge is 0.401 e. The number of halogens is 5. The quantitative estimate of drug-likeness (QED) is 0.816. The molecule has 0 spiro atoms. The van der Waals surface area contributed by atoms with Gasteiger partial charge in [0.05, 0.1) is 6.54 Å². The predicted octanol–water partition coefficient (Wildman–Crippen LogP) is 1.64. The van der Waals surface area contributed by atoms with Crippen LogP contribution in [0.15, 0.2) is 18.2 Å². The second-order valence-corrected chi connectivity index (χ2v) is 3.50. The molecule has 1 amide bonds. The number of nitrogens with two attached hydrogens (primary N) is 1. The second kappa shape index (κ2) is 5.30. The average molecular weight is 268 g/mol. The maximum Gasteiger partial charge on any atom is 0.401 e. The van der Waals surface area contributed by atoms with E-state index in [4.69, 9.17) is 5.73 Å². The van der Waals surface area contributed by atoms with Crippen molar-refractivity contribution in [1.29, 1.82) is 0 Å². The molecule has 0 radical (unpaired) electrons. The van der Waals surface area contributed by atoms with E-state index >= 15 is 0 Å². The van der Waals surface area contributed by atoms with E-state index in [-0.39, 0.29) is 0 Å². The molecule has 0 aliphatic carbocycles. The van der Waals surface area contributed by atoms with E-state index in [1.807, 2.05) is 0 Å². The van der Waals surface area contributed by atoms with Gasteiger partial charge in [0.25, 0.3) is 0 Å². The molecule has 3 nitrogen and oxygen atoms in total. The van der Waals surface area contributed by atoms with Crippen LogP contribution < -0.4 is 11.1 Å². The van der Waals surface area contributed by atoms with Crippen LogP contribution in [0.4, 0.5) is 22.0 Å². The summed E-state index contributed by atoms with van der Waals surface area (Å²) in [5.41, 5.74) is 4.30. The summed E-state index contributed by atoms with van der Waals surface area (Å²) in [4.78, 5) is 11.0. The summed E-state index contributed by atoms with van der Waals surface area (Å²) in [6.07, 6.45) is -4.60. The molecule has 1 atom stereocenters. The molecule has 0 bridgehead atoms. The van der Waals surface area contributed by atoms with Crippen LogP contribution in [0.5, 0.6) is 0 Å². The van der Waals surface area contributed by atoms with Gasteiger partial charge in [-0.1, -0.05) is 0 Å². The van der Waals surface area contributed by atoms with Gasteiger partial charge < -0.3 is 5.73 Å². The number of rotatable bonds is 4. The van der Waals surface area contributed by atoms with E-state index in [0.29, 0.717) is 12.1 Å². The van der Waals surface area contributed by atoms with E-state index in [1.165, 1.54) is 0 Å². The molecule has 1 aromatic carbocycles. The third kappa shape index (κ3) is 3.95. The summed E-state index contributed by atoms with van der Waals surface area (Å²) >= 11 is 0. The fourth-order valence-electron chi connectivity index (χ4n) is 1.32. The van der Waals surface area contributed by atoms with Crippen molar-refractivity contribution in [3.8, 4) is 0 Å². The summed E-state index contributed by atoms with van der Waals surface area (Å²) in [6, 6.07) is 0.354. The third-order valence-electron chi connectivity index (χ3n) is 2.06. The molecule has 3 N–H and O–H groups in total. The zero-order valence-electron chi connectivity index (χ0n) is 8.89. The number of hydrogen-bond donors (Lipinski definition) is 2. The molecule has 1 unspecified atom stereocenters. The number of carbonyl (C=O) groups is 1. The number of carbonyl (C=O) groups excluding carboxylic acids is 1. The molecule has 0 heterocycles. The van der Waals surface area contributed by atoms with Gasteiger partial charge in [-0.05, 0) is 18.2 Å². The molecule has 18 heavy (non-hydrogen) atoms. The average Bonchev–Trinajstić information content (AvgIpc) is 2.21. The van der Waals surface area contributed by atoms with E-state index in [1.54, 1.807) is 5.32 Å². The molecule has 0 aromatic heterocycles. The Labute approximate surface area is 98.8 Å². The van der Waals surface area contributed by atoms with Gasteiger partial charge in [0.2, 0.25) is 5.91 Å². The molecule has 8 heteroatoms. The molecule has 100 valence electrons. The Morgan fingerprint density at radius 1 is 1.33 bits per heavy atom. The van der Waals surface area contributed by atoms with Crippen LogP contribution in [-0.2, 0) is 4.79 Å². The van der Waals surface area contributed by atoms with Gasteiger partial charge in [0.1, 0.15) is 17.7 Å². The van der Waals surface area contributed by atoms with Crippen molar-refractivity contribution in [1.82, 2.24) is 5.32 Å². The van der Waals surface area contributed by atoms with E-state index in [2.05, 4.69) is 0 Å². The molecule has 1 rings (SSSR count). The minimum Gasteiger partial charge on any atom is -0.368 e. The molecule has 0 aliphatic rings. The lowest BCUT2D eigenvalue weighted by atomic mass is 10.1. The normalized spacial score (nSPS) is 13.4. The van der Waals surface area contributed by atoms with Gasteiger partial charge in [-0.2, -0.15) is 13.2 Å². The Bertz CT molecular complexity index is 446. The van der Waals surface area contributed by atoms with Gasteiger partial charge in [-0.15, -0.1) is 0 Å². The van der Waals surface area contributed by atoms with Crippen LogP contribution in [0.1, 0.15) is 11.6 Å². The minimum atomic E-state index is -4.60. The highest BCUT2D eigenvalue weighted by Gasteiger charge is 2.31. The molecule has 1 aromatic rings. The van der Waals surface area contributed by atoms with Crippen LogP contribution >= 0.6 is 0 Å². The first-order chi connectivity index (χ1) is 8.20. The first kappa shape index (κ1) is 14.4. The fraction of sp³-hybridized carbons (Fsp3) is 0.300. The lowest BCUT2D eigenvalue weighted by Gasteiger charge is -2.17. The first-order valence-electron chi connectivity index (χ1n) is 4.75. The number of hydrogen-bond acceptors (Lipinski definition) is 2. The van der Waals surface area contributed by atoms with Crippen LogP contribution in [0.25, 0.3) is 0 Å². The summed E-state index contributed by atoms with van der Waals surface area (Å²) in [5, 5.41) is 1.74. The molecule has 0 fully saturated rings. The zero-order valence-corrected chi connectivity index (χ0v) is 8.89. The van der Waals surface area contributed by atoms with Gasteiger partial charge in [0.15, 0.2) is 0 Å².